The minimum Gasteiger partial charge on any atom is -0.389 e. The smallest absolute Gasteiger partial charge is 0.107 e. The van der Waals surface area contributed by atoms with E-state index < -0.39 is 0 Å². The van der Waals surface area contributed by atoms with Gasteiger partial charge in [0.05, 0.1) is 0 Å². The lowest BCUT2D eigenvalue weighted by atomic mass is 10.1. The topological polar surface area (TPSA) is 29.3 Å². The lowest BCUT2D eigenvalue weighted by molar-refractivity contribution is 0.627. The molecule has 0 aliphatic carbocycles. The van der Waals surface area contributed by atoms with Gasteiger partial charge in [0.15, 0.2) is 0 Å². The maximum atomic E-state index is 6.04. The van der Waals surface area contributed by atoms with Crippen LogP contribution in [0.15, 0.2) is 23.1 Å². The predicted molar refractivity (Wildman–Crippen MR) is 94.0 cm³/mol. The lowest BCUT2D eigenvalue weighted by Crippen LogP contribution is -2.35. The molecule has 1 aromatic rings. The van der Waals surface area contributed by atoms with Gasteiger partial charge in [0, 0.05) is 28.2 Å². The molecule has 0 bridgehead atoms. The van der Waals surface area contributed by atoms with Gasteiger partial charge in [0.2, 0.25) is 0 Å². The molecule has 1 saturated heterocycles. The van der Waals surface area contributed by atoms with E-state index in [4.69, 9.17) is 18.0 Å². The summed E-state index contributed by atoms with van der Waals surface area (Å²) in [6, 6.07) is 7.62. The molecule has 0 radical (unpaired) electrons. The van der Waals surface area contributed by atoms with Gasteiger partial charge in [0.25, 0.3) is 0 Å². The minimum absolute atomic E-state index is 0.519. The maximum Gasteiger partial charge on any atom is 0.107 e. The average molecular weight is 309 g/mol. The summed E-state index contributed by atoms with van der Waals surface area (Å²) in [7, 11) is 0. The Morgan fingerprint density at radius 1 is 1.40 bits per heavy atom. The Morgan fingerprint density at radius 3 is 2.75 bits per heavy atom. The molecule has 0 saturated carbocycles. The Kier molecular flexibility index (Phi) is 5.33. The molecule has 1 fully saturated rings. The fraction of sp³-hybridized carbons (Fsp3) is 0.562. The molecular weight excluding hydrogens is 284 g/mol. The van der Waals surface area contributed by atoms with Crippen LogP contribution in [0.1, 0.15) is 45.6 Å². The Hall–Kier alpha value is -0.740. The van der Waals surface area contributed by atoms with E-state index in [-0.39, 0.29) is 0 Å². The van der Waals surface area contributed by atoms with Gasteiger partial charge < -0.3 is 10.6 Å². The molecule has 1 aliphatic heterocycles. The highest BCUT2D eigenvalue weighted by molar-refractivity contribution is 7.99. The highest BCUT2D eigenvalue weighted by atomic mass is 32.2. The normalized spacial score (nSPS) is 22.2. The van der Waals surface area contributed by atoms with Crippen LogP contribution in [0.2, 0.25) is 0 Å². The van der Waals surface area contributed by atoms with Gasteiger partial charge in [-0.3, -0.25) is 0 Å². The van der Waals surface area contributed by atoms with Crippen molar-refractivity contribution in [2.75, 3.05) is 10.7 Å². The molecule has 20 heavy (non-hydrogen) atoms. The third kappa shape index (κ3) is 2.96. The first-order valence-electron chi connectivity index (χ1n) is 7.44. The average Bonchev–Trinajstić information content (AvgIpc) is 2.79. The molecule has 1 heterocycles. The Morgan fingerprint density at radius 2 is 2.15 bits per heavy atom. The second-order valence-corrected chi connectivity index (χ2v) is 7.09. The van der Waals surface area contributed by atoms with E-state index in [0.29, 0.717) is 17.1 Å². The third-order valence-corrected chi connectivity index (χ3v) is 5.23. The molecule has 0 amide bonds. The zero-order valence-corrected chi connectivity index (χ0v) is 14.2. The van der Waals surface area contributed by atoms with E-state index in [2.05, 4.69) is 43.9 Å². The van der Waals surface area contributed by atoms with Gasteiger partial charge in [-0.15, -0.1) is 11.8 Å². The van der Waals surface area contributed by atoms with E-state index in [9.17, 15) is 0 Å². The van der Waals surface area contributed by atoms with Crippen LogP contribution in [-0.4, -0.2) is 22.8 Å². The molecule has 0 spiro atoms. The summed E-state index contributed by atoms with van der Waals surface area (Å²) in [6.07, 6.45) is 3.69. The molecule has 2 N–H and O–H groups in total. The van der Waals surface area contributed by atoms with Crippen molar-refractivity contribution in [1.82, 2.24) is 0 Å². The largest absolute Gasteiger partial charge is 0.389 e. The molecule has 4 heteroatoms. The maximum absolute atomic E-state index is 6.04. The fourth-order valence-electron chi connectivity index (χ4n) is 3.16. The van der Waals surface area contributed by atoms with E-state index in [1.807, 2.05) is 11.8 Å². The van der Waals surface area contributed by atoms with Gasteiger partial charge in [-0.05, 0) is 44.1 Å². The third-order valence-electron chi connectivity index (χ3n) is 4.09. The van der Waals surface area contributed by atoms with E-state index in [0.717, 1.165) is 11.3 Å². The van der Waals surface area contributed by atoms with Crippen LogP contribution in [0.3, 0.4) is 0 Å². The standard InChI is InChI=1S/C16H24N2S2/c1-4-12-10-9-11(3)18(12)13-7-6-8-14(20-5-2)15(13)16(17)19/h6-8,11-12H,4-5,9-10H2,1-3H3,(H2,17,19). The number of thiocarbonyl (C=S) groups is 1. The number of rotatable bonds is 5. The monoisotopic (exact) mass is 308 g/mol. The molecule has 2 atom stereocenters. The lowest BCUT2D eigenvalue weighted by Gasteiger charge is -2.32. The summed E-state index contributed by atoms with van der Waals surface area (Å²) in [5, 5.41) is 0. The summed E-state index contributed by atoms with van der Waals surface area (Å²) >= 11 is 7.16. The van der Waals surface area contributed by atoms with Crippen molar-refractivity contribution in [3.05, 3.63) is 23.8 Å². The fourth-order valence-corrected chi connectivity index (χ4v) is 4.29. The minimum atomic E-state index is 0.519. The van der Waals surface area contributed by atoms with Gasteiger partial charge in [-0.2, -0.15) is 0 Å². The molecule has 1 aliphatic rings. The summed E-state index contributed by atoms with van der Waals surface area (Å²) in [6.45, 7) is 6.73. The first kappa shape index (κ1) is 15.6. The second kappa shape index (κ2) is 6.81. The van der Waals surface area contributed by atoms with Crippen LogP contribution in [0.5, 0.6) is 0 Å². The van der Waals surface area contributed by atoms with Gasteiger partial charge in [-0.1, -0.05) is 32.1 Å². The van der Waals surface area contributed by atoms with Crippen molar-refractivity contribution in [1.29, 1.82) is 0 Å². The van der Waals surface area contributed by atoms with Crippen molar-refractivity contribution < 1.29 is 0 Å². The van der Waals surface area contributed by atoms with Crippen molar-refractivity contribution in [3.63, 3.8) is 0 Å². The second-order valence-electron chi connectivity index (χ2n) is 5.34. The van der Waals surface area contributed by atoms with Crippen LogP contribution in [0, 0.1) is 0 Å². The van der Waals surface area contributed by atoms with E-state index >= 15 is 0 Å². The van der Waals surface area contributed by atoms with Crippen LogP contribution >= 0.6 is 24.0 Å². The van der Waals surface area contributed by atoms with Gasteiger partial charge in [-0.25, -0.2) is 0 Å². The van der Waals surface area contributed by atoms with Gasteiger partial charge >= 0.3 is 0 Å². The molecule has 2 rings (SSSR count). The highest BCUT2D eigenvalue weighted by Crippen LogP contribution is 2.37. The number of hydrogen-bond donors (Lipinski definition) is 1. The van der Waals surface area contributed by atoms with Crippen molar-refractivity contribution in [3.8, 4) is 0 Å². The number of hydrogen-bond acceptors (Lipinski definition) is 3. The van der Waals surface area contributed by atoms with Crippen molar-refractivity contribution in [2.45, 2.75) is 57.0 Å². The van der Waals surface area contributed by atoms with Crippen molar-refractivity contribution in [2.24, 2.45) is 5.73 Å². The quantitative estimate of drug-likeness (QED) is 0.652. The number of thioether (sulfide) groups is 1. The van der Waals surface area contributed by atoms with Crippen LogP contribution in [-0.2, 0) is 0 Å². The summed E-state index contributed by atoms with van der Waals surface area (Å²) in [4.78, 5) is 4.27. The SMILES string of the molecule is CCSc1cccc(N2C(C)CCC2CC)c1C(N)=S. The summed E-state index contributed by atoms with van der Waals surface area (Å²) in [5.74, 6) is 1.03. The summed E-state index contributed by atoms with van der Waals surface area (Å²) < 4.78 is 0. The van der Waals surface area contributed by atoms with Crippen LogP contribution < -0.4 is 10.6 Å². The number of benzene rings is 1. The Bertz CT molecular complexity index is 487. The molecule has 2 nitrogen and oxygen atoms in total. The van der Waals surface area contributed by atoms with Crippen LogP contribution in [0.4, 0.5) is 5.69 Å². The number of nitrogens with two attached hydrogens (primary N) is 1. The molecule has 2 unspecified atom stereocenters. The summed E-state index contributed by atoms with van der Waals surface area (Å²) in [5.41, 5.74) is 8.34. The van der Waals surface area contributed by atoms with Crippen LogP contribution in [0.25, 0.3) is 0 Å². The first-order valence-corrected chi connectivity index (χ1v) is 8.83. The zero-order valence-electron chi connectivity index (χ0n) is 12.6. The molecule has 1 aromatic carbocycles. The van der Waals surface area contributed by atoms with Crippen molar-refractivity contribution >= 4 is 34.7 Å². The van der Waals surface area contributed by atoms with E-state index in [1.54, 1.807) is 0 Å². The predicted octanol–water partition coefficient (Wildman–Crippen LogP) is 4.20. The van der Waals surface area contributed by atoms with E-state index in [1.165, 1.54) is 29.8 Å². The molecular formula is C16H24N2S2. The Labute approximate surface area is 132 Å². The zero-order chi connectivity index (χ0) is 14.7. The number of nitrogens with zero attached hydrogens (tertiary/aromatic N) is 1. The first-order chi connectivity index (χ1) is 9.60. The molecule has 110 valence electrons. The number of anilines is 1. The van der Waals surface area contributed by atoms with Gasteiger partial charge in [0.1, 0.15) is 4.99 Å². The Balaban J connectivity index is 2.49. The highest BCUT2D eigenvalue weighted by Gasteiger charge is 2.31. The molecule has 0 aromatic heterocycles.